The van der Waals surface area contributed by atoms with Gasteiger partial charge in [-0.2, -0.15) is 57.1 Å². The van der Waals surface area contributed by atoms with Gasteiger partial charge in [-0.1, -0.05) is 13.8 Å². The molecular weight excluding hydrogens is 447 g/mol. The van der Waals surface area contributed by atoms with E-state index in [1.807, 2.05) is 0 Å². The van der Waals surface area contributed by atoms with Gasteiger partial charge in [0.05, 0.1) is 12.5 Å². The van der Waals surface area contributed by atoms with Crippen molar-refractivity contribution >= 4 is 5.97 Å². The molecule has 15 heteroatoms. The van der Waals surface area contributed by atoms with E-state index in [1.54, 1.807) is 0 Å². The Labute approximate surface area is 155 Å². The quantitative estimate of drug-likeness (QED) is 0.313. The molecule has 0 heterocycles. The maximum atomic E-state index is 13.8. The molecule has 0 bridgehead atoms. The van der Waals surface area contributed by atoms with Crippen LogP contribution < -0.4 is 0 Å². The first-order chi connectivity index (χ1) is 12.5. The fourth-order valence-electron chi connectivity index (χ4n) is 2.05. The summed E-state index contributed by atoms with van der Waals surface area (Å²) in [6.45, 7) is 2.59. The average Bonchev–Trinajstić information content (AvgIpc) is 2.50. The molecule has 0 aromatic rings. The molecule has 1 atom stereocenters. The molecule has 0 spiro atoms. The summed E-state index contributed by atoms with van der Waals surface area (Å²) in [5, 5.41) is 0. The van der Waals surface area contributed by atoms with Crippen LogP contribution in [0.3, 0.4) is 0 Å². The normalized spacial score (nSPS) is 16.2. The highest BCUT2D eigenvalue weighted by atomic mass is 19.4. The summed E-state index contributed by atoms with van der Waals surface area (Å²) < 4.78 is 174. The smallest absolute Gasteiger partial charge is 0.460 e. The third kappa shape index (κ3) is 4.52. The summed E-state index contributed by atoms with van der Waals surface area (Å²) >= 11 is 0. The van der Waals surface area contributed by atoms with Gasteiger partial charge in [0.1, 0.15) is 0 Å². The zero-order chi connectivity index (χ0) is 23.9. The van der Waals surface area contributed by atoms with Gasteiger partial charge in [0.2, 0.25) is 0 Å². The molecule has 0 aliphatic rings. The van der Waals surface area contributed by atoms with Crippen LogP contribution in [0, 0.1) is 11.8 Å². The molecule has 2 nitrogen and oxygen atoms in total. The van der Waals surface area contributed by atoms with Crippen LogP contribution in [0.25, 0.3) is 0 Å². The van der Waals surface area contributed by atoms with E-state index in [-0.39, 0.29) is 0 Å². The number of carbonyl (C=O) groups excluding carboxylic acids is 1. The molecule has 29 heavy (non-hydrogen) atoms. The SMILES string of the molecule is CCOC(=O)C(CC(F)(F)C(F)(F)C(F)(F)C(F)(F)C(F)(F)C(F)(F)F)C(C)C. The molecule has 1 unspecified atom stereocenters. The van der Waals surface area contributed by atoms with Crippen LogP contribution in [0.1, 0.15) is 27.2 Å². The van der Waals surface area contributed by atoms with E-state index in [4.69, 9.17) is 0 Å². The number of alkyl halides is 13. The van der Waals surface area contributed by atoms with Crippen molar-refractivity contribution in [2.45, 2.75) is 63.0 Å². The van der Waals surface area contributed by atoms with Crippen molar-refractivity contribution in [3.05, 3.63) is 0 Å². The molecule has 0 amide bonds. The number of hydrogen-bond donors (Lipinski definition) is 0. The van der Waals surface area contributed by atoms with Crippen LogP contribution in [0.2, 0.25) is 0 Å². The first kappa shape index (κ1) is 27.6. The van der Waals surface area contributed by atoms with Crippen LogP contribution in [-0.2, 0) is 9.53 Å². The maximum Gasteiger partial charge on any atom is 0.460 e. The predicted molar refractivity (Wildman–Crippen MR) is 70.4 cm³/mol. The molecule has 0 saturated heterocycles. The van der Waals surface area contributed by atoms with Crippen LogP contribution >= 0.6 is 0 Å². The van der Waals surface area contributed by atoms with Gasteiger partial charge in [-0.3, -0.25) is 4.79 Å². The Morgan fingerprint density at radius 3 is 1.41 bits per heavy atom. The minimum atomic E-state index is -7.96. The second-order valence-corrected chi connectivity index (χ2v) is 6.31. The Bertz CT molecular complexity index is 581. The molecule has 0 fully saturated rings. The molecule has 0 radical (unpaired) electrons. The van der Waals surface area contributed by atoms with E-state index in [1.165, 1.54) is 0 Å². The standard InChI is InChI=1S/C14H15F13O2/c1-4-29-8(28)7(6(2)3)5-9(15,16)10(17,18)11(19,20)12(21,22)13(23,24)14(25,26)27/h6-7H,4-5H2,1-3H3. The lowest BCUT2D eigenvalue weighted by Crippen LogP contribution is -2.70. The highest BCUT2D eigenvalue weighted by Crippen LogP contribution is 2.61. The molecule has 0 N–H and O–H groups in total. The summed E-state index contributed by atoms with van der Waals surface area (Å²) in [6, 6.07) is 0. The number of ether oxygens (including phenoxy) is 1. The first-order valence-electron chi connectivity index (χ1n) is 7.65. The number of rotatable bonds is 9. The summed E-state index contributed by atoms with van der Waals surface area (Å²) in [7, 11) is 0. The zero-order valence-corrected chi connectivity index (χ0v) is 14.8. The Morgan fingerprint density at radius 1 is 0.724 bits per heavy atom. The van der Waals surface area contributed by atoms with E-state index >= 15 is 0 Å². The van der Waals surface area contributed by atoms with Crippen LogP contribution in [0.4, 0.5) is 57.1 Å². The van der Waals surface area contributed by atoms with Gasteiger partial charge in [-0.15, -0.1) is 0 Å². The Morgan fingerprint density at radius 2 is 1.10 bits per heavy atom. The lowest BCUT2D eigenvalue weighted by Gasteiger charge is -2.40. The fraction of sp³-hybridized carbons (Fsp3) is 0.929. The van der Waals surface area contributed by atoms with Crippen molar-refractivity contribution in [1.29, 1.82) is 0 Å². The number of carbonyl (C=O) groups is 1. The monoisotopic (exact) mass is 462 g/mol. The molecular formula is C14H15F13O2. The first-order valence-corrected chi connectivity index (χ1v) is 7.65. The topological polar surface area (TPSA) is 26.3 Å². The lowest BCUT2D eigenvalue weighted by atomic mass is 9.84. The van der Waals surface area contributed by atoms with Crippen molar-refractivity contribution in [3.63, 3.8) is 0 Å². The fourth-order valence-corrected chi connectivity index (χ4v) is 2.05. The van der Waals surface area contributed by atoms with Crippen LogP contribution in [0.15, 0.2) is 0 Å². The number of halogens is 13. The third-order valence-electron chi connectivity index (χ3n) is 3.87. The Hall–Kier alpha value is -1.44. The van der Waals surface area contributed by atoms with Gasteiger partial charge in [-0.05, 0) is 12.8 Å². The van der Waals surface area contributed by atoms with Crippen molar-refractivity contribution < 1.29 is 66.6 Å². The average molecular weight is 462 g/mol. The lowest BCUT2D eigenvalue weighted by molar-refractivity contribution is -0.440. The van der Waals surface area contributed by atoms with E-state index in [2.05, 4.69) is 4.74 Å². The van der Waals surface area contributed by atoms with Crippen molar-refractivity contribution in [1.82, 2.24) is 0 Å². The minimum Gasteiger partial charge on any atom is -0.466 e. The van der Waals surface area contributed by atoms with Crippen LogP contribution in [0.5, 0.6) is 0 Å². The largest absolute Gasteiger partial charge is 0.466 e. The zero-order valence-electron chi connectivity index (χ0n) is 14.8. The summed E-state index contributed by atoms with van der Waals surface area (Å²) in [6.07, 6.45) is -10.0. The summed E-state index contributed by atoms with van der Waals surface area (Å²) in [4.78, 5) is 11.5. The highest BCUT2D eigenvalue weighted by Gasteiger charge is 2.90. The Balaban J connectivity index is 6.25. The highest BCUT2D eigenvalue weighted by molar-refractivity contribution is 5.72. The second-order valence-electron chi connectivity index (χ2n) is 6.31. The van der Waals surface area contributed by atoms with Gasteiger partial charge >= 0.3 is 41.8 Å². The number of esters is 1. The molecule has 174 valence electrons. The van der Waals surface area contributed by atoms with E-state index in [0.29, 0.717) is 0 Å². The molecule has 0 aliphatic heterocycles. The molecule has 0 aromatic carbocycles. The van der Waals surface area contributed by atoms with Gasteiger partial charge in [0, 0.05) is 6.42 Å². The van der Waals surface area contributed by atoms with E-state index < -0.39 is 66.6 Å². The van der Waals surface area contributed by atoms with Crippen molar-refractivity contribution in [2.75, 3.05) is 6.61 Å². The molecule has 0 rings (SSSR count). The van der Waals surface area contributed by atoms with E-state index in [0.717, 1.165) is 20.8 Å². The van der Waals surface area contributed by atoms with Gasteiger partial charge < -0.3 is 4.74 Å². The summed E-state index contributed by atoms with van der Waals surface area (Å²) in [5.41, 5.74) is 0. The number of hydrogen-bond acceptors (Lipinski definition) is 2. The second kappa shape index (κ2) is 8.00. The van der Waals surface area contributed by atoms with E-state index in [9.17, 15) is 61.9 Å². The van der Waals surface area contributed by atoms with Crippen molar-refractivity contribution in [2.24, 2.45) is 11.8 Å². The minimum absolute atomic E-state index is 0.476. The predicted octanol–water partition coefficient (Wildman–Crippen LogP) is 5.95. The van der Waals surface area contributed by atoms with Crippen LogP contribution in [-0.4, -0.2) is 48.4 Å². The molecule has 0 saturated carbocycles. The summed E-state index contributed by atoms with van der Waals surface area (Å²) in [5.74, 6) is -42.5. The molecule has 0 aromatic heterocycles. The van der Waals surface area contributed by atoms with Gasteiger partial charge in [0.25, 0.3) is 0 Å². The van der Waals surface area contributed by atoms with Crippen molar-refractivity contribution in [3.8, 4) is 0 Å². The Kier molecular flexibility index (Phi) is 7.61. The van der Waals surface area contributed by atoms with Gasteiger partial charge in [-0.25, -0.2) is 0 Å². The third-order valence-corrected chi connectivity index (χ3v) is 3.87. The molecule has 0 aliphatic carbocycles. The van der Waals surface area contributed by atoms with Gasteiger partial charge in [0.15, 0.2) is 0 Å². The maximum absolute atomic E-state index is 13.8.